The van der Waals surface area contributed by atoms with Gasteiger partial charge in [-0.15, -0.1) is 6.42 Å². The number of hydrogen-bond donors (Lipinski definition) is 3. The van der Waals surface area contributed by atoms with E-state index in [9.17, 15) is 0 Å². The molecule has 0 radical (unpaired) electrons. The fourth-order valence-corrected chi connectivity index (χ4v) is 2.50. The van der Waals surface area contributed by atoms with Crippen LogP contribution < -0.4 is 11.1 Å². The van der Waals surface area contributed by atoms with E-state index in [4.69, 9.17) is 12.2 Å². The van der Waals surface area contributed by atoms with Gasteiger partial charge in [-0.25, -0.2) is 4.98 Å². The minimum absolute atomic E-state index is 0.0675. The van der Waals surface area contributed by atoms with E-state index in [1.54, 1.807) is 6.33 Å². The standard InChI is InChI=1S/C17H22N4/c1-4-13-5-7-15(8-6-13)21-17(2,3)10-14(18)9-16-11-19-12-20-16/h1,5-8,11-12,14,21H,9-10,18H2,2-3H3,(H,19,20). The maximum absolute atomic E-state index is 6.24. The Labute approximate surface area is 126 Å². The van der Waals surface area contributed by atoms with Crippen LogP contribution in [0.1, 0.15) is 31.5 Å². The molecule has 21 heavy (non-hydrogen) atoms. The van der Waals surface area contributed by atoms with Gasteiger partial charge in [0, 0.05) is 41.1 Å². The van der Waals surface area contributed by atoms with Crippen molar-refractivity contribution in [3.8, 4) is 12.3 Å². The molecule has 2 rings (SSSR count). The van der Waals surface area contributed by atoms with E-state index < -0.39 is 0 Å². The summed E-state index contributed by atoms with van der Waals surface area (Å²) < 4.78 is 0. The van der Waals surface area contributed by atoms with Crippen molar-refractivity contribution in [2.75, 3.05) is 5.32 Å². The number of rotatable bonds is 6. The molecular formula is C17H22N4. The van der Waals surface area contributed by atoms with Gasteiger partial charge in [0.25, 0.3) is 0 Å². The molecule has 4 heteroatoms. The number of nitrogens with two attached hydrogens (primary N) is 1. The maximum Gasteiger partial charge on any atom is 0.0921 e. The molecule has 1 aromatic heterocycles. The summed E-state index contributed by atoms with van der Waals surface area (Å²) in [5.41, 5.74) is 9.13. The predicted molar refractivity (Wildman–Crippen MR) is 87.0 cm³/mol. The minimum Gasteiger partial charge on any atom is -0.380 e. The summed E-state index contributed by atoms with van der Waals surface area (Å²) in [5, 5.41) is 3.51. The number of nitrogens with zero attached hydrogens (tertiary/aromatic N) is 1. The zero-order chi connectivity index (χ0) is 15.3. The third kappa shape index (κ3) is 4.66. The molecule has 0 bridgehead atoms. The van der Waals surface area contributed by atoms with Crippen molar-refractivity contribution in [3.05, 3.63) is 48.0 Å². The summed E-state index contributed by atoms with van der Waals surface area (Å²) in [6.45, 7) is 4.30. The third-order valence-electron chi connectivity index (χ3n) is 3.34. The number of aromatic amines is 1. The van der Waals surface area contributed by atoms with E-state index in [2.05, 4.69) is 35.1 Å². The van der Waals surface area contributed by atoms with Gasteiger partial charge < -0.3 is 16.0 Å². The summed E-state index contributed by atoms with van der Waals surface area (Å²) in [4.78, 5) is 7.10. The Morgan fingerprint density at radius 2 is 2.10 bits per heavy atom. The Balaban J connectivity index is 1.92. The van der Waals surface area contributed by atoms with Crippen molar-refractivity contribution in [1.82, 2.24) is 9.97 Å². The highest BCUT2D eigenvalue weighted by atomic mass is 15.0. The number of H-pyrrole nitrogens is 1. The van der Waals surface area contributed by atoms with Crippen molar-refractivity contribution in [1.29, 1.82) is 0 Å². The van der Waals surface area contributed by atoms with Gasteiger partial charge in [-0.2, -0.15) is 0 Å². The lowest BCUT2D eigenvalue weighted by Gasteiger charge is -2.30. The van der Waals surface area contributed by atoms with Crippen LogP contribution in [-0.4, -0.2) is 21.5 Å². The molecule has 0 saturated carbocycles. The van der Waals surface area contributed by atoms with E-state index in [1.165, 1.54) is 0 Å². The van der Waals surface area contributed by atoms with Gasteiger partial charge in [0.15, 0.2) is 0 Å². The SMILES string of the molecule is C#Cc1ccc(NC(C)(C)CC(N)Cc2cnc[nH]2)cc1. The van der Waals surface area contributed by atoms with E-state index in [0.717, 1.165) is 29.8 Å². The number of benzene rings is 1. The molecule has 1 unspecified atom stereocenters. The van der Waals surface area contributed by atoms with Crippen LogP contribution in [0.15, 0.2) is 36.8 Å². The van der Waals surface area contributed by atoms with Crippen molar-refractivity contribution in [2.45, 2.75) is 38.3 Å². The Morgan fingerprint density at radius 3 is 2.67 bits per heavy atom. The zero-order valence-electron chi connectivity index (χ0n) is 12.6. The molecule has 0 spiro atoms. The number of imidazole rings is 1. The fraction of sp³-hybridized carbons (Fsp3) is 0.353. The normalized spacial score (nSPS) is 12.7. The second-order valence-corrected chi connectivity index (χ2v) is 5.98. The van der Waals surface area contributed by atoms with Gasteiger partial charge in [-0.3, -0.25) is 0 Å². The molecule has 1 aromatic carbocycles. The molecule has 1 atom stereocenters. The molecule has 110 valence electrons. The van der Waals surface area contributed by atoms with Gasteiger partial charge in [0.2, 0.25) is 0 Å². The molecule has 0 amide bonds. The van der Waals surface area contributed by atoms with Gasteiger partial charge in [-0.1, -0.05) is 5.92 Å². The maximum atomic E-state index is 6.24. The molecule has 2 aromatic rings. The monoisotopic (exact) mass is 282 g/mol. The Bertz CT molecular complexity index is 591. The van der Waals surface area contributed by atoms with Crippen LogP contribution in [0.2, 0.25) is 0 Å². The van der Waals surface area contributed by atoms with Gasteiger partial charge >= 0.3 is 0 Å². The summed E-state index contributed by atoms with van der Waals surface area (Å²) in [7, 11) is 0. The van der Waals surface area contributed by atoms with Crippen molar-refractivity contribution in [2.24, 2.45) is 5.73 Å². The van der Waals surface area contributed by atoms with Crippen LogP contribution in [0.5, 0.6) is 0 Å². The number of anilines is 1. The molecule has 0 aliphatic rings. The van der Waals surface area contributed by atoms with Crippen molar-refractivity contribution in [3.63, 3.8) is 0 Å². The van der Waals surface area contributed by atoms with Crippen LogP contribution in [0, 0.1) is 12.3 Å². The molecular weight excluding hydrogens is 260 g/mol. The summed E-state index contributed by atoms with van der Waals surface area (Å²) in [5.74, 6) is 2.62. The zero-order valence-corrected chi connectivity index (χ0v) is 12.6. The minimum atomic E-state index is -0.100. The average molecular weight is 282 g/mol. The number of aromatic nitrogens is 2. The highest BCUT2D eigenvalue weighted by Crippen LogP contribution is 2.20. The number of hydrogen-bond acceptors (Lipinski definition) is 3. The molecule has 1 heterocycles. The van der Waals surface area contributed by atoms with Crippen LogP contribution in [0.4, 0.5) is 5.69 Å². The lowest BCUT2D eigenvalue weighted by Crippen LogP contribution is -2.39. The van der Waals surface area contributed by atoms with Crippen LogP contribution in [0.25, 0.3) is 0 Å². The first-order chi connectivity index (χ1) is 9.98. The van der Waals surface area contributed by atoms with Crippen LogP contribution in [0.3, 0.4) is 0 Å². The Kier molecular flexibility index (Phi) is 4.66. The smallest absolute Gasteiger partial charge is 0.0921 e. The average Bonchev–Trinajstić information content (AvgIpc) is 2.91. The molecule has 0 aliphatic carbocycles. The van der Waals surface area contributed by atoms with Gasteiger partial charge in [0.1, 0.15) is 0 Å². The Morgan fingerprint density at radius 1 is 1.38 bits per heavy atom. The van der Waals surface area contributed by atoms with Crippen LogP contribution in [-0.2, 0) is 6.42 Å². The molecule has 0 fully saturated rings. The first-order valence-corrected chi connectivity index (χ1v) is 7.06. The summed E-state index contributed by atoms with van der Waals surface area (Å²) in [6, 6.07) is 7.93. The summed E-state index contributed by atoms with van der Waals surface area (Å²) >= 11 is 0. The highest BCUT2D eigenvalue weighted by molar-refractivity contribution is 5.49. The third-order valence-corrected chi connectivity index (χ3v) is 3.34. The summed E-state index contributed by atoms with van der Waals surface area (Å²) in [6.07, 6.45) is 10.5. The second-order valence-electron chi connectivity index (χ2n) is 5.98. The lowest BCUT2D eigenvalue weighted by molar-refractivity contribution is 0.449. The first kappa shape index (κ1) is 15.1. The number of nitrogens with one attached hydrogen (secondary N) is 2. The topological polar surface area (TPSA) is 66.7 Å². The highest BCUT2D eigenvalue weighted by Gasteiger charge is 2.21. The Hall–Kier alpha value is -2.25. The molecule has 0 aliphatic heterocycles. The van der Waals surface area contributed by atoms with E-state index in [-0.39, 0.29) is 11.6 Å². The van der Waals surface area contributed by atoms with E-state index in [0.29, 0.717) is 0 Å². The van der Waals surface area contributed by atoms with E-state index >= 15 is 0 Å². The predicted octanol–water partition coefficient (Wildman–Crippen LogP) is 2.54. The molecule has 4 nitrogen and oxygen atoms in total. The van der Waals surface area contributed by atoms with Crippen LogP contribution >= 0.6 is 0 Å². The fourth-order valence-electron chi connectivity index (χ4n) is 2.50. The van der Waals surface area contributed by atoms with Crippen molar-refractivity contribution < 1.29 is 0 Å². The largest absolute Gasteiger partial charge is 0.380 e. The quantitative estimate of drug-likeness (QED) is 0.713. The lowest BCUT2D eigenvalue weighted by atomic mass is 9.93. The van der Waals surface area contributed by atoms with Crippen molar-refractivity contribution >= 4 is 5.69 Å². The first-order valence-electron chi connectivity index (χ1n) is 7.06. The number of terminal acetylenes is 1. The van der Waals surface area contributed by atoms with Gasteiger partial charge in [-0.05, 0) is 44.5 Å². The second kappa shape index (κ2) is 6.47. The molecule has 4 N–H and O–H groups in total. The van der Waals surface area contributed by atoms with E-state index in [1.807, 2.05) is 30.5 Å². The molecule has 0 saturated heterocycles. The van der Waals surface area contributed by atoms with Gasteiger partial charge in [0.05, 0.1) is 6.33 Å².